The van der Waals surface area contributed by atoms with Gasteiger partial charge in [-0.15, -0.1) is 0 Å². The molecular weight excluding hydrogens is 448 g/mol. The van der Waals surface area contributed by atoms with E-state index in [1.807, 2.05) is 0 Å². The number of alkyl halides is 3. The number of hydrogen-bond acceptors (Lipinski definition) is 6. The molecule has 5 aromatic rings. The molecule has 0 bridgehead atoms. The number of anilines is 1. The van der Waals surface area contributed by atoms with Gasteiger partial charge in [-0.25, -0.2) is 19.3 Å². The number of aryl methyl sites for hydroxylation is 1. The molecule has 0 spiro atoms. The van der Waals surface area contributed by atoms with Crippen LogP contribution in [0.5, 0.6) is 0 Å². The smallest absolute Gasteiger partial charge is 0.382 e. The van der Waals surface area contributed by atoms with Crippen LogP contribution in [0.15, 0.2) is 61.1 Å². The minimum Gasteiger partial charge on any atom is -0.382 e. The summed E-state index contributed by atoms with van der Waals surface area (Å²) in [4.78, 5) is 20.7. The molecule has 0 radical (unpaired) electrons. The van der Waals surface area contributed by atoms with Crippen LogP contribution in [-0.4, -0.2) is 31.1 Å². The quantitative estimate of drug-likeness (QED) is 0.362. The van der Waals surface area contributed by atoms with E-state index >= 15 is 0 Å². The molecule has 0 unspecified atom stereocenters. The molecule has 34 heavy (non-hydrogen) atoms. The molecule has 6 nitrogen and oxygen atoms in total. The molecule has 10 heteroatoms. The number of nitrogen functional groups attached to an aromatic ring is 1. The van der Waals surface area contributed by atoms with Gasteiger partial charge < -0.3 is 5.73 Å². The first-order valence-electron chi connectivity index (χ1n) is 10.2. The van der Waals surface area contributed by atoms with Gasteiger partial charge in [0.1, 0.15) is 23.1 Å². The molecule has 0 fully saturated rings. The number of nitrogens with zero attached hydrogens (tertiary/aromatic N) is 5. The number of hydrogen-bond donors (Lipinski definition) is 1. The second-order valence-electron chi connectivity index (χ2n) is 7.72. The summed E-state index contributed by atoms with van der Waals surface area (Å²) >= 11 is 0. The van der Waals surface area contributed by atoms with Gasteiger partial charge in [0.05, 0.1) is 16.7 Å². The van der Waals surface area contributed by atoms with Crippen molar-refractivity contribution in [2.24, 2.45) is 0 Å². The Hall–Kier alpha value is -4.21. The van der Waals surface area contributed by atoms with Crippen molar-refractivity contribution >= 4 is 27.8 Å². The van der Waals surface area contributed by atoms with Gasteiger partial charge in [0, 0.05) is 35.1 Å². The minimum absolute atomic E-state index is 0.00470. The Morgan fingerprint density at radius 2 is 1.74 bits per heavy atom. The molecule has 1 atom stereocenters. The zero-order valence-corrected chi connectivity index (χ0v) is 17.7. The van der Waals surface area contributed by atoms with Crippen LogP contribution in [0.25, 0.3) is 33.2 Å². The Morgan fingerprint density at radius 3 is 2.47 bits per heavy atom. The summed E-state index contributed by atoms with van der Waals surface area (Å²) < 4.78 is 58.1. The molecule has 0 aliphatic heterocycles. The molecular formula is C24H16F4N6. The van der Waals surface area contributed by atoms with E-state index < -0.39 is 23.7 Å². The number of rotatable bonds is 3. The third-order valence-corrected chi connectivity index (χ3v) is 5.53. The Bertz CT molecular complexity index is 1540. The summed E-state index contributed by atoms with van der Waals surface area (Å²) in [5, 5.41) is 0.353. The van der Waals surface area contributed by atoms with Crippen molar-refractivity contribution < 1.29 is 17.6 Å². The van der Waals surface area contributed by atoms with Gasteiger partial charge in [-0.05, 0) is 55.0 Å². The summed E-state index contributed by atoms with van der Waals surface area (Å²) in [7, 11) is 0. The molecule has 0 saturated heterocycles. The van der Waals surface area contributed by atoms with E-state index in [2.05, 4.69) is 24.9 Å². The van der Waals surface area contributed by atoms with Crippen molar-refractivity contribution in [2.45, 2.75) is 19.0 Å². The summed E-state index contributed by atoms with van der Waals surface area (Å²) in [5.41, 5.74) is 6.98. The molecule has 1 aromatic carbocycles. The second kappa shape index (κ2) is 7.98. The minimum atomic E-state index is -4.79. The van der Waals surface area contributed by atoms with Crippen LogP contribution in [0.4, 0.5) is 23.4 Å². The van der Waals surface area contributed by atoms with Crippen LogP contribution in [0.2, 0.25) is 0 Å². The van der Waals surface area contributed by atoms with Crippen molar-refractivity contribution in [1.82, 2.24) is 24.9 Å². The zero-order valence-electron chi connectivity index (χ0n) is 17.7. The molecule has 4 aromatic heterocycles. The number of halogens is 4. The Morgan fingerprint density at radius 1 is 0.941 bits per heavy atom. The first-order valence-corrected chi connectivity index (χ1v) is 10.2. The van der Waals surface area contributed by atoms with Gasteiger partial charge in [0.2, 0.25) is 0 Å². The van der Waals surface area contributed by atoms with Crippen LogP contribution in [0, 0.1) is 12.7 Å². The van der Waals surface area contributed by atoms with Crippen LogP contribution in [-0.2, 0) is 0 Å². The molecule has 5 rings (SSSR count). The summed E-state index contributed by atoms with van der Waals surface area (Å²) in [5.74, 6) is -3.45. The highest BCUT2D eigenvalue weighted by atomic mass is 19.4. The lowest BCUT2D eigenvalue weighted by Gasteiger charge is -2.23. The normalized spacial score (nSPS) is 12.9. The first kappa shape index (κ1) is 21.6. The summed E-state index contributed by atoms with van der Waals surface area (Å²) in [6, 6.07) is 10.2. The van der Waals surface area contributed by atoms with E-state index in [0.29, 0.717) is 10.9 Å². The average Bonchev–Trinajstić information content (AvgIpc) is 2.81. The monoisotopic (exact) mass is 464 g/mol. The van der Waals surface area contributed by atoms with Gasteiger partial charge in [0.15, 0.2) is 5.82 Å². The third-order valence-electron chi connectivity index (χ3n) is 5.53. The van der Waals surface area contributed by atoms with Crippen molar-refractivity contribution in [1.29, 1.82) is 0 Å². The van der Waals surface area contributed by atoms with E-state index in [9.17, 15) is 17.6 Å². The highest BCUT2D eigenvalue weighted by molar-refractivity contribution is 5.87. The SMILES string of the molecule is Cc1c(F)ccc2cc([C@H](c3nc(N)c4ncccc4n3)C(F)(F)F)c(-c3cccnc3)nc12. The molecule has 0 saturated carbocycles. The Labute approximate surface area is 190 Å². The lowest BCUT2D eigenvalue weighted by atomic mass is 9.91. The summed E-state index contributed by atoms with van der Waals surface area (Å²) in [6.07, 6.45) is -0.433. The number of aromatic nitrogens is 5. The van der Waals surface area contributed by atoms with E-state index in [-0.39, 0.29) is 39.2 Å². The van der Waals surface area contributed by atoms with Crippen molar-refractivity contribution in [3.63, 3.8) is 0 Å². The topological polar surface area (TPSA) is 90.5 Å². The number of nitrogens with two attached hydrogens (primary N) is 1. The maximum Gasteiger partial charge on any atom is 0.402 e. The fourth-order valence-corrected chi connectivity index (χ4v) is 3.93. The number of pyridine rings is 3. The largest absolute Gasteiger partial charge is 0.402 e. The van der Waals surface area contributed by atoms with Gasteiger partial charge >= 0.3 is 6.18 Å². The van der Waals surface area contributed by atoms with E-state index in [4.69, 9.17) is 5.73 Å². The first-order chi connectivity index (χ1) is 16.2. The maximum absolute atomic E-state index is 14.6. The average molecular weight is 464 g/mol. The van der Waals surface area contributed by atoms with Gasteiger partial charge in [-0.1, -0.05) is 0 Å². The van der Waals surface area contributed by atoms with E-state index in [0.717, 1.165) is 0 Å². The van der Waals surface area contributed by atoms with E-state index in [1.54, 1.807) is 18.2 Å². The van der Waals surface area contributed by atoms with Crippen LogP contribution in [0.3, 0.4) is 0 Å². The fourth-order valence-electron chi connectivity index (χ4n) is 3.93. The zero-order chi connectivity index (χ0) is 24.0. The Kier molecular flexibility index (Phi) is 5.07. The van der Waals surface area contributed by atoms with E-state index in [1.165, 1.54) is 49.8 Å². The van der Waals surface area contributed by atoms with Gasteiger partial charge in [-0.3, -0.25) is 9.97 Å². The lowest BCUT2D eigenvalue weighted by Crippen LogP contribution is -2.25. The predicted octanol–water partition coefficient (Wildman–Crippen LogP) is 5.36. The predicted molar refractivity (Wildman–Crippen MR) is 119 cm³/mol. The molecule has 0 aliphatic rings. The highest BCUT2D eigenvalue weighted by Crippen LogP contribution is 2.44. The standard InChI is InChI=1S/C24H16F4N6/c1-12-16(25)7-6-13-10-15(20(33-19(12)13)14-4-2-8-30-11-14)18(24(26,27)28)23-32-17-5-3-9-31-21(17)22(29)34-23/h2-11,18H,1H3,(H2,29,32,34)/t18-/m1/s1. The fraction of sp³-hybridized carbons (Fsp3) is 0.125. The maximum atomic E-state index is 14.6. The summed E-state index contributed by atoms with van der Waals surface area (Å²) in [6.45, 7) is 1.53. The van der Waals surface area contributed by atoms with Gasteiger partial charge in [-0.2, -0.15) is 13.2 Å². The number of fused-ring (bicyclic) bond motifs is 2. The molecule has 0 amide bonds. The van der Waals surface area contributed by atoms with Crippen molar-refractivity contribution in [2.75, 3.05) is 5.73 Å². The van der Waals surface area contributed by atoms with Crippen LogP contribution in [0.1, 0.15) is 22.9 Å². The molecule has 2 N–H and O–H groups in total. The lowest BCUT2D eigenvalue weighted by molar-refractivity contribution is -0.142. The van der Waals surface area contributed by atoms with Crippen molar-refractivity contribution in [3.8, 4) is 11.3 Å². The second-order valence-corrected chi connectivity index (χ2v) is 7.72. The molecule has 4 heterocycles. The van der Waals surface area contributed by atoms with Gasteiger partial charge in [0.25, 0.3) is 0 Å². The number of benzene rings is 1. The molecule has 0 aliphatic carbocycles. The third kappa shape index (κ3) is 3.66. The van der Waals surface area contributed by atoms with Crippen LogP contribution < -0.4 is 5.73 Å². The highest BCUT2D eigenvalue weighted by Gasteiger charge is 2.46. The van der Waals surface area contributed by atoms with Crippen LogP contribution >= 0.6 is 0 Å². The molecule has 170 valence electrons. The Balaban J connectivity index is 1.85. The van der Waals surface area contributed by atoms with Crippen molar-refractivity contribution in [3.05, 3.63) is 83.8 Å².